The number of rotatable bonds is 5. The van der Waals surface area contributed by atoms with Crippen molar-refractivity contribution < 1.29 is 32.3 Å². The summed E-state index contributed by atoms with van der Waals surface area (Å²) >= 11 is 0. The number of nitrogens with zero attached hydrogens (tertiary/aromatic N) is 1. The molecule has 0 radical (unpaired) electrons. The zero-order chi connectivity index (χ0) is 27.4. The first-order chi connectivity index (χ1) is 18.7. The number of amides is 3. The van der Waals surface area contributed by atoms with Crippen LogP contribution >= 0.6 is 0 Å². The number of furan rings is 1. The molecule has 0 fully saturated rings. The van der Waals surface area contributed by atoms with E-state index in [1.165, 1.54) is 55.8 Å². The van der Waals surface area contributed by atoms with E-state index in [2.05, 4.69) is 10.6 Å². The second kappa shape index (κ2) is 8.95. The highest BCUT2D eigenvalue weighted by molar-refractivity contribution is 6.50. The second-order valence-electron chi connectivity index (χ2n) is 9.01. The number of hydrogen-bond acceptors (Lipinski definition) is 5. The Morgan fingerprint density at radius 3 is 2.33 bits per heavy atom. The van der Waals surface area contributed by atoms with Crippen LogP contribution < -0.4 is 15.4 Å². The number of halogens is 2. The van der Waals surface area contributed by atoms with E-state index in [4.69, 9.17) is 9.15 Å². The van der Waals surface area contributed by atoms with Crippen molar-refractivity contribution in [1.82, 2.24) is 9.88 Å². The lowest BCUT2D eigenvalue weighted by molar-refractivity contribution is -0.122. The van der Waals surface area contributed by atoms with E-state index in [1.54, 1.807) is 29.9 Å². The van der Waals surface area contributed by atoms with Crippen molar-refractivity contribution in [2.24, 2.45) is 7.05 Å². The van der Waals surface area contributed by atoms with Crippen molar-refractivity contribution in [2.75, 3.05) is 12.4 Å². The van der Waals surface area contributed by atoms with E-state index >= 15 is 0 Å². The lowest BCUT2D eigenvalue weighted by Crippen LogP contribution is -2.22. The van der Waals surface area contributed by atoms with Crippen LogP contribution in [0.15, 0.2) is 71.5 Å². The van der Waals surface area contributed by atoms with Gasteiger partial charge in [-0.1, -0.05) is 0 Å². The minimum absolute atomic E-state index is 0.0459. The standard InChI is InChI=1S/C29H19F2N3O5/c1-34-12-19(25-26(29(37)33-28(25)36)20-13-39-23-8-7-16(31)9-18(20)23)17-10-21(24(38-2)11-22(17)34)32-27(35)14-3-5-15(30)6-4-14/h3-13H,1-2H3,(H,32,35)(H,33,36,37). The van der Waals surface area contributed by atoms with Crippen LogP contribution in [-0.2, 0) is 16.6 Å². The molecular weight excluding hydrogens is 508 g/mol. The first-order valence-corrected chi connectivity index (χ1v) is 11.8. The Bertz CT molecular complexity index is 1880. The van der Waals surface area contributed by atoms with Crippen LogP contribution in [0, 0.1) is 11.6 Å². The number of anilines is 1. The number of benzene rings is 3. The number of nitrogens with one attached hydrogen (secondary N) is 2. The monoisotopic (exact) mass is 527 g/mol. The summed E-state index contributed by atoms with van der Waals surface area (Å²) in [4.78, 5) is 39.0. The maximum absolute atomic E-state index is 14.1. The number of ether oxygens (including phenoxy) is 1. The number of methoxy groups -OCH3 is 1. The third-order valence-corrected chi connectivity index (χ3v) is 6.67. The van der Waals surface area contributed by atoms with E-state index in [0.29, 0.717) is 38.9 Å². The Kier molecular flexibility index (Phi) is 5.53. The van der Waals surface area contributed by atoms with E-state index in [0.717, 1.165) is 0 Å². The number of aromatic nitrogens is 1. The normalized spacial score (nSPS) is 13.4. The molecule has 3 amide bonds. The van der Waals surface area contributed by atoms with Crippen LogP contribution in [0.4, 0.5) is 14.5 Å². The third-order valence-electron chi connectivity index (χ3n) is 6.67. The fourth-order valence-corrected chi connectivity index (χ4v) is 4.83. The molecule has 1 aliphatic heterocycles. The molecule has 0 unspecified atom stereocenters. The van der Waals surface area contributed by atoms with Crippen molar-refractivity contribution in [3.8, 4) is 5.75 Å². The minimum atomic E-state index is -0.641. The molecule has 2 N–H and O–H groups in total. The number of hydrogen-bond donors (Lipinski definition) is 2. The summed E-state index contributed by atoms with van der Waals surface area (Å²) in [6.07, 6.45) is 3.01. The molecule has 8 nitrogen and oxygen atoms in total. The molecule has 5 aromatic rings. The maximum atomic E-state index is 14.1. The second-order valence-corrected chi connectivity index (χ2v) is 9.01. The Hall–Kier alpha value is -5.25. The van der Waals surface area contributed by atoms with Gasteiger partial charge < -0.3 is 19.0 Å². The molecule has 0 spiro atoms. The third kappa shape index (κ3) is 3.93. The van der Waals surface area contributed by atoms with E-state index in [1.807, 2.05) is 0 Å². The predicted molar refractivity (Wildman–Crippen MR) is 140 cm³/mol. The molecule has 2 aromatic heterocycles. The highest BCUT2D eigenvalue weighted by atomic mass is 19.1. The minimum Gasteiger partial charge on any atom is -0.494 e. The van der Waals surface area contributed by atoms with Gasteiger partial charge in [0, 0.05) is 46.8 Å². The van der Waals surface area contributed by atoms with E-state index in [-0.39, 0.29) is 22.3 Å². The summed E-state index contributed by atoms with van der Waals surface area (Å²) in [7, 11) is 3.21. The first kappa shape index (κ1) is 24.1. The Balaban J connectivity index is 1.54. The van der Waals surface area contributed by atoms with Crippen molar-refractivity contribution in [3.63, 3.8) is 0 Å². The van der Waals surface area contributed by atoms with Crippen LogP contribution in [0.25, 0.3) is 33.0 Å². The fourth-order valence-electron chi connectivity index (χ4n) is 4.83. The molecule has 1 aliphatic rings. The van der Waals surface area contributed by atoms with Gasteiger partial charge in [-0.2, -0.15) is 0 Å². The van der Waals surface area contributed by atoms with Crippen LogP contribution in [0.3, 0.4) is 0 Å². The van der Waals surface area contributed by atoms with Crippen LogP contribution in [0.1, 0.15) is 21.5 Å². The van der Waals surface area contributed by atoms with Gasteiger partial charge in [0.25, 0.3) is 17.7 Å². The predicted octanol–water partition coefficient (Wildman–Crippen LogP) is 5.03. The molecule has 6 rings (SSSR count). The van der Waals surface area contributed by atoms with Gasteiger partial charge in [-0.05, 0) is 48.5 Å². The lowest BCUT2D eigenvalue weighted by atomic mass is 9.95. The van der Waals surface area contributed by atoms with Gasteiger partial charge in [0.15, 0.2) is 0 Å². The van der Waals surface area contributed by atoms with Gasteiger partial charge in [-0.3, -0.25) is 19.7 Å². The number of carbonyl (C=O) groups is 3. The summed E-state index contributed by atoms with van der Waals surface area (Å²) in [5, 5.41) is 5.99. The molecule has 0 bridgehead atoms. The molecule has 194 valence electrons. The zero-order valence-corrected chi connectivity index (χ0v) is 20.6. The van der Waals surface area contributed by atoms with Crippen molar-refractivity contribution >= 4 is 56.4 Å². The Morgan fingerprint density at radius 2 is 1.62 bits per heavy atom. The number of aryl methyl sites for hydroxylation is 1. The summed E-state index contributed by atoms with van der Waals surface area (Å²) in [6, 6.07) is 12.3. The summed E-state index contributed by atoms with van der Waals surface area (Å²) in [5.41, 5.74) is 2.37. The maximum Gasteiger partial charge on any atom is 0.259 e. The van der Waals surface area contributed by atoms with Gasteiger partial charge in [0.2, 0.25) is 0 Å². The molecule has 39 heavy (non-hydrogen) atoms. The average molecular weight is 527 g/mol. The van der Waals surface area contributed by atoms with Gasteiger partial charge in [0.1, 0.15) is 23.0 Å². The summed E-state index contributed by atoms with van der Waals surface area (Å²) in [6.45, 7) is 0. The average Bonchev–Trinajstić information content (AvgIpc) is 3.55. The quantitative estimate of drug-likeness (QED) is 0.312. The highest BCUT2D eigenvalue weighted by Crippen LogP contribution is 2.41. The van der Waals surface area contributed by atoms with Crippen LogP contribution in [-0.4, -0.2) is 29.4 Å². The summed E-state index contributed by atoms with van der Waals surface area (Å²) in [5.74, 6) is -2.40. The summed E-state index contributed by atoms with van der Waals surface area (Å²) < 4.78 is 40.2. The van der Waals surface area contributed by atoms with E-state index in [9.17, 15) is 23.2 Å². The molecule has 0 saturated carbocycles. The number of fused-ring (bicyclic) bond motifs is 2. The molecule has 0 aliphatic carbocycles. The van der Waals surface area contributed by atoms with Gasteiger partial charge >= 0.3 is 0 Å². The van der Waals surface area contributed by atoms with Gasteiger partial charge in [-0.25, -0.2) is 8.78 Å². The Labute approximate surface area is 219 Å². The molecule has 0 atom stereocenters. The largest absolute Gasteiger partial charge is 0.494 e. The topological polar surface area (TPSA) is 103 Å². The van der Waals surface area contributed by atoms with Crippen LogP contribution in [0.5, 0.6) is 5.75 Å². The highest BCUT2D eigenvalue weighted by Gasteiger charge is 2.35. The lowest BCUT2D eigenvalue weighted by Gasteiger charge is -2.12. The van der Waals surface area contributed by atoms with Crippen molar-refractivity contribution in [1.29, 1.82) is 0 Å². The number of carbonyl (C=O) groups excluding carboxylic acids is 3. The molecule has 10 heteroatoms. The number of imide groups is 1. The Morgan fingerprint density at radius 1 is 0.923 bits per heavy atom. The van der Waals surface area contributed by atoms with E-state index < -0.39 is 29.4 Å². The van der Waals surface area contributed by atoms with Crippen molar-refractivity contribution in [2.45, 2.75) is 0 Å². The first-order valence-electron chi connectivity index (χ1n) is 11.8. The molecule has 0 saturated heterocycles. The molecule has 3 heterocycles. The van der Waals surface area contributed by atoms with Crippen molar-refractivity contribution in [3.05, 3.63) is 95.4 Å². The van der Waals surface area contributed by atoms with Gasteiger partial charge in [0.05, 0.1) is 35.7 Å². The van der Waals surface area contributed by atoms with Crippen LogP contribution in [0.2, 0.25) is 0 Å². The fraction of sp³-hybridized carbons (Fsp3) is 0.0690. The molecule has 3 aromatic carbocycles. The SMILES string of the molecule is COc1cc2c(cc1NC(=O)c1ccc(F)cc1)c(C1=C(c3coc4ccc(F)cc34)C(=O)NC1=O)cn2C. The molecular formula is C29H19F2N3O5. The smallest absolute Gasteiger partial charge is 0.259 e. The van der Waals surface area contributed by atoms with Gasteiger partial charge in [-0.15, -0.1) is 0 Å². The zero-order valence-electron chi connectivity index (χ0n) is 20.6.